The summed E-state index contributed by atoms with van der Waals surface area (Å²) in [6, 6.07) is 29.4. The number of rotatable bonds is 9. The van der Waals surface area contributed by atoms with Gasteiger partial charge in [0.25, 0.3) is 0 Å². The van der Waals surface area contributed by atoms with Crippen LogP contribution in [0.15, 0.2) is 97.1 Å². The normalized spacial score (nSPS) is 12.2. The van der Waals surface area contributed by atoms with Gasteiger partial charge in [0.1, 0.15) is 11.9 Å². The van der Waals surface area contributed by atoms with E-state index in [1.54, 1.807) is 17.0 Å². The van der Waals surface area contributed by atoms with Crippen molar-refractivity contribution in [3.8, 4) is 0 Å². The number of benzene rings is 4. The number of hydrogen-bond acceptors (Lipinski definition) is 2. The average Bonchev–Trinajstić information content (AvgIpc) is 2.90. The van der Waals surface area contributed by atoms with Crippen LogP contribution in [0.25, 0.3) is 10.8 Å². The minimum absolute atomic E-state index is 0.118. The van der Waals surface area contributed by atoms with Gasteiger partial charge >= 0.3 is 0 Å². The van der Waals surface area contributed by atoms with Crippen LogP contribution in [-0.2, 0) is 29.0 Å². The van der Waals surface area contributed by atoms with Gasteiger partial charge in [-0.3, -0.25) is 9.59 Å². The van der Waals surface area contributed by atoms with Crippen LogP contribution < -0.4 is 5.32 Å². The molecule has 5 heteroatoms. The summed E-state index contributed by atoms with van der Waals surface area (Å²) < 4.78 is 13.6. The number of aryl methyl sites for hydroxylation is 1. The predicted octanol–water partition coefficient (Wildman–Crippen LogP) is 6.47. The molecular weight excluding hydrogens is 475 g/mol. The van der Waals surface area contributed by atoms with E-state index in [4.69, 9.17) is 0 Å². The first-order valence-electron chi connectivity index (χ1n) is 13.1. The molecule has 0 heterocycles. The molecule has 4 rings (SSSR count). The van der Waals surface area contributed by atoms with Crippen molar-refractivity contribution in [1.82, 2.24) is 10.2 Å². The zero-order valence-corrected chi connectivity index (χ0v) is 22.3. The molecular formula is C33H35FN2O2. The summed E-state index contributed by atoms with van der Waals surface area (Å²) in [6.07, 6.45) is 1.19. The molecule has 0 aliphatic carbocycles. The standard InChI is InChI=1S/C33H35FN2O2/c1-33(2,3)35-32(38)30(22-24-10-5-4-6-11-24)36(23-25-16-19-28(34)20-17-25)31(37)21-18-27-14-9-13-26-12-7-8-15-29(26)27/h4-17,19-20,30H,18,21-23H2,1-3H3,(H,35,38)/t30-/m0/s1. The number of fused-ring (bicyclic) bond motifs is 1. The molecule has 0 aliphatic rings. The van der Waals surface area contributed by atoms with E-state index in [1.807, 2.05) is 75.4 Å². The zero-order chi connectivity index (χ0) is 27.1. The van der Waals surface area contributed by atoms with Gasteiger partial charge in [-0.15, -0.1) is 0 Å². The van der Waals surface area contributed by atoms with Crippen molar-refractivity contribution in [2.75, 3.05) is 0 Å². The van der Waals surface area contributed by atoms with Crippen molar-refractivity contribution in [1.29, 1.82) is 0 Å². The van der Waals surface area contributed by atoms with Crippen molar-refractivity contribution >= 4 is 22.6 Å². The first-order valence-corrected chi connectivity index (χ1v) is 13.1. The lowest BCUT2D eigenvalue weighted by Crippen LogP contribution is -2.54. The second-order valence-corrected chi connectivity index (χ2v) is 10.7. The van der Waals surface area contributed by atoms with Gasteiger partial charge in [-0.05, 0) is 66.8 Å². The SMILES string of the molecule is CC(C)(C)NC(=O)[C@H](Cc1ccccc1)N(Cc1ccc(F)cc1)C(=O)CCc1cccc2ccccc12. The van der Waals surface area contributed by atoms with E-state index in [0.717, 1.165) is 27.5 Å². The van der Waals surface area contributed by atoms with E-state index in [1.165, 1.54) is 12.1 Å². The van der Waals surface area contributed by atoms with Crippen molar-refractivity contribution in [2.45, 2.75) is 58.2 Å². The minimum Gasteiger partial charge on any atom is -0.350 e. The number of halogens is 1. The second kappa shape index (κ2) is 12.0. The molecule has 4 nitrogen and oxygen atoms in total. The fraction of sp³-hybridized carbons (Fsp3) is 0.273. The molecule has 0 saturated heterocycles. The molecule has 0 saturated carbocycles. The molecule has 1 atom stereocenters. The molecule has 4 aromatic rings. The number of hydrogen-bond donors (Lipinski definition) is 1. The number of carbonyl (C=O) groups excluding carboxylic acids is 2. The number of nitrogens with zero attached hydrogens (tertiary/aromatic N) is 1. The average molecular weight is 511 g/mol. The van der Waals surface area contributed by atoms with Gasteiger partial charge in [-0.2, -0.15) is 0 Å². The molecule has 0 radical (unpaired) electrons. The van der Waals surface area contributed by atoms with Crippen LogP contribution in [-0.4, -0.2) is 28.3 Å². The molecule has 4 aromatic carbocycles. The fourth-order valence-electron chi connectivity index (χ4n) is 4.69. The first kappa shape index (κ1) is 27.1. The van der Waals surface area contributed by atoms with E-state index < -0.39 is 11.6 Å². The Morgan fingerprint density at radius 1 is 0.816 bits per heavy atom. The highest BCUT2D eigenvalue weighted by Crippen LogP contribution is 2.22. The molecule has 196 valence electrons. The third-order valence-corrected chi connectivity index (χ3v) is 6.52. The van der Waals surface area contributed by atoms with Crippen LogP contribution in [0.2, 0.25) is 0 Å². The Bertz CT molecular complexity index is 1370. The van der Waals surface area contributed by atoms with Crippen molar-refractivity contribution < 1.29 is 14.0 Å². The van der Waals surface area contributed by atoms with Gasteiger partial charge in [-0.25, -0.2) is 4.39 Å². The molecule has 0 aliphatic heterocycles. The van der Waals surface area contributed by atoms with Crippen LogP contribution in [0.3, 0.4) is 0 Å². The molecule has 0 bridgehead atoms. The maximum Gasteiger partial charge on any atom is 0.243 e. The van der Waals surface area contributed by atoms with E-state index in [2.05, 4.69) is 23.5 Å². The minimum atomic E-state index is -0.721. The van der Waals surface area contributed by atoms with E-state index in [0.29, 0.717) is 12.8 Å². The fourth-order valence-corrected chi connectivity index (χ4v) is 4.69. The Balaban J connectivity index is 1.65. The lowest BCUT2D eigenvalue weighted by atomic mass is 9.98. The Morgan fingerprint density at radius 2 is 1.47 bits per heavy atom. The highest BCUT2D eigenvalue weighted by Gasteiger charge is 2.32. The number of nitrogens with one attached hydrogen (secondary N) is 1. The van der Waals surface area contributed by atoms with Gasteiger partial charge in [-0.1, -0.05) is 84.9 Å². The second-order valence-electron chi connectivity index (χ2n) is 10.7. The predicted molar refractivity (Wildman–Crippen MR) is 151 cm³/mol. The van der Waals surface area contributed by atoms with Crippen molar-refractivity contribution in [3.05, 3.63) is 120 Å². The van der Waals surface area contributed by atoms with E-state index in [9.17, 15) is 14.0 Å². The van der Waals surface area contributed by atoms with Crippen LogP contribution in [0, 0.1) is 5.82 Å². The quantitative estimate of drug-likeness (QED) is 0.281. The van der Waals surface area contributed by atoms with Gasteiger partial charge in [0.15, 0.2) is 0 Å². The number of amides is 2. The lowest BCUT2D eigenvalue weighted by Gasteiger charge is -2.34. The van der Waals surface area contributed by atoms with Crippen LogP contribution >= 0.6 is 0 Å². The van der Waals surface area contributed by atoms with E-state index >= 15 is 0 Å². The highest BCUT2D eigenvalue weighted by atomic mass is 19.1. The summed E-state index contributed by atoms with van der Waals surface area (Å²) in [4.78, 5) is 29.2. The summed E-state index contributed by atoms with van der Waals surface area (Å²) >= 11 is 0. The maximum absolute atomic E-state index is 13.9. The molecule has 38 heavy (non-hydrogen) atoms. The smallest absolute Gasteiger partial charge is 0.243 e. The molecule has 0 aromatic heterocycles. The monoisotopic (exact) mass is 510 g/mol. The Morgan fingerprint density at radius 3 is 2.18 bits per heavy atom. The zero-order valence-electron chi connectivity index (χ0n) is 22.3. The summed E-state index contributed by atoms with van der Waals surface area (Å²) in [7, 11) is 0. The number of carbonyl (C=O) groups is 2. The Labute approximate surface area is 224 Å². The van der Waals surface area contributed by atoms with Gasteiger partial charge in [0.2, 0.25) is 11.8 Å². The largest absolute Gasteiger partial charge is 0.350 e. The Hall–Kier alpha value is -3.99. The summed E-state index contributed by atoms with van der Waals surface area (Å²) in [5.41, 5.74) is 2.37. The third-order valence-electron chi connectivity index (χ3n) is 6.52. The molecule has 0 unspecified atom stereocenters. The molecule has 2 amide bonds. The summed E-state index contributed by atoms with van der Waals surface area (Å²) in [5.74, 6) is -0.664. The highest BCUT2D eigenvalue weighted by molar-refractivity contribution is 5.89. The van der Waals surface area contributed by atoms with Crippen molar-refractivity contribution in [2.24, 2.45) is 0 Å². The van der Waals surface area contributed by atoms with Gasteiger partial charge < -0.3 is 10.2 Å². The van der Waals surface area contributed by atoms with Crippen LogP contribution in [0.4, 0.5) is 4.39 Å². The van der Waals surface area contributed by atoms with Crippen LogP contribution in [0.1, 0.15) is 43.9 Å². The Kier molecular flexibility index (Phi) is 8.57. The first-order chi connectivity index (χ1) is 18.2. The lowest BCUT2D eigenvalue weighted by molar-refractivity contribution is -0.141. The van der Waals surface area contributed by atoms with Gasteiger partial charge in [0, 0.05) is 24.9 Å². The topological polar surface area (TPSA) is 49.4 Å². The summed E-state index contributed by atoms with van der Waals surface area (Å²) in [5, 5.41) is 5.33. The maximum atomic E-state index is 13.9. The van der Waals surface area contributed by atoms with Crippen LogP contribution in [0.5, 0.6) is 0 Å². The summed E-state index contributed by atoms with van der Waals surface area (Å²) in [6.45, 7) is 6.00. The van der Waals surface area contributed by atoms with E-state index in [-0.39, 0.29) is 30.6 Å². The van der Waals surface area contributed by atoms with Gasteiger partial charge in [0.05, 0.1) is 0 Å². The van der Waals surface area contributed by atoms with Crippen molar-refractivity contribution in [3.63, 3.8) is 0 Å². The molecule has 0 spiro atoms. The molecule has 1 N–H and O–H groups in total. The third kappa shape index (κ3) is 7.28. The molecule has 0 fully saturated rings.